The van der Waals surface area contributed by atoms with E-state index >= 15 is 0 Å². The predicted octanol–water partition coefficient (Wildman–Crippen LogP) is 2.84. The predicted molar refractivity (Wildman–Crippen MR) is 76.5 cm³/mol. The number of amides is 1. The molecule has 0 aliphatic carbocycles. The van der Waals surface area contributed by atoms with Crippen molar-refractivity contribution in [3.63, 3.8) is 0 Å². The van der Waals surface area contributed by atoms with Crippen molar-refractivity contribution in [3.05, 3.63) is 53.6 Å². The summed E-state index contributed by atoms with van der Waals surface area (Å²) in [5.41, 5.74) is 8.42. The highest BCUT2D eigenvalue weighted by molar-refractivity contribution is 6.05. The molecule has 98 valence electrons. The number of nitrogen functional groups attached to an aromatic ring is 1. The number of anilines is 2. The number of hydrogen-bond donors (Lipinski definition) is 2. The summed E-state index contributed by atoms with van der Waals surface area (Å²) in [7, 11) is 1.59. The molecule has 0 saturated heterocycles. The van der Waals surface area contributed by atoms with Crippen molar-refractivity contribution in [1.82, 2.24) is 0 Å². The van der Waals surface area contributed by atoms with Gasteiger partial charge in [0.2, 0.25) is 0 Å². The average molecular weight is 256 g/mol. The molecule has 0 heterocycles. The third-order valence-corrected chi connectivity index (χ3v) is 2.83. The molecule has 2 aromatic rings. The molecule has 2 rings (SSSR count). The quantitative estimate of drug-likeness (QED) is 0.830. The second-order valence-corrected chi connectivity index (χ2v) is 4.26. The first-order valence-corrected chi connectivity index (χ1v) is 5.91. The Morgan fingerprint density at radius 2 is 2.00 bits per heavy atom. The summed E-state index contributed by atoms with van der Waals surface area (Å²) in [5, 5.41) is 2.83. The number of aryl methyl sites for hydroxylation is 1. The van der Waals surface area contributed by atoms with Crippen LogP contribution in [0.3, 0.4) is 0 Å². The molecular weight excluding hydrogens is 240 g/mol. The molecule has 0 saturated carbocycles. The molecule has 2 aromatic carbocycles. The number of hydrogen-bond acceptors (Lipinski definition) is 3. The first-order valence-electron chi connectivity index (χ1n) is 5.91. The van der Waals surface area contributed by atoms with E-state index in [0.717, 1.165) is 5.56 Å². The van der Waals surface area contributed by atoms with Gasteiger partial charge in [0.25, 0.3) is 5.91 Å². The van der Waals surface area contributed by atoms with Gasteiger partial charge in [-0.05, 0) is 36.8 Å². The lowest BCUT2D eigenvalue weighted by atomic mass is 10.1. The maximum Gasteiger partial charge on any atom is 0.256 e. The van der Waals surface area contributed by atoms with E-state index in [1.165, 1.54) is 0 Å². The van der Waals surface area contributed by atoms with Crippen LogP contribution in [-0.4, -0.2) is 13.0 Å². The second-order valence-electron chi connectivity index (χ2n) is 4.26. The maximum absolute atomic E-state index is 12.2. The Morgan fingerprint density at radius 3 is 2.74 bits per heavy atom. The topological polar surface area (TPSA) is 64.3 Å². The van der Waals surface area contributed by atoms with Crippen LogP contribution in [0.4, 0.5) is 11.4 Å². The zero-order chi connectivity index (χ0) is 13.8. The standard InChI is InChI=1S/C15H16N2O2/c1-10-6-7-11(16)8-14(10)15(18)17-12-4-3-5-13(9-12)19-2/h3-9H,16H2,1-2H3,(H,17,18). The van der Waals surface area contributed by atoms with Gasteiger partial charge in [0.1, 0.15) is 5.75 Å². The van der Waals surface area contributed by atoms with Crippen LogP contribution in [0, 0.1) is 6.92 Å². The number of benzene rings is 2. The van der Waals surface area contributed by atoms with Crippen molar-refractivity contribution in [3.8, 4) is 5.75 Å². The fourth-order valence-electron chi connectivity index (χ4n) is 1.78. The summed E-state index contributed by atoms with van der Waals surface area (Å²) in [6.07, 6.45) is 0. The van der Waals surface area contributed by atoms with Crippen LogP contribution in [0.1, 0.15) is 15.9 Å². The Bertz CT molecular complexity index is 609. The highest BCUT2D eigenvalue weighted by Crippen LogP contribution is 2.19. The molecule has 0 spiro atoms. The Kier molecular flexibility index (Phi) is 3.71. The number of nitrogens with two attached hydrogens (primary N) is 1. The van der Waals surface area contributed by atoms with Crippen LogP contribution in [0.5, 0.6) is 5.75 Å². The molecule has 0 radical (unpaired) electrons. The minimum atomic E-state index is -0.182. The Morgan fingerprint density at radius 1 is 1.21 bits per heavy atom. The summed E-state index contributed by atoms with van der Waals surface area (Å²) in [4.78, 5) is 12.2. The van der Waals surface area contributed by atoms with E-state index in [4.69, 9.17) is 10.5 Å². The maximum atomic E-state index is 12.2. The lowest BCUT2D eigenvalue weighted by Crippen LogP contribution is -2.13. The van der Waals surface area contributed by atoms with Crippen LogP contribution < -0.4 is 15.8 Å². The number of rotatable bonds is 3. The number of carbonyl (C=O) groups excluding carboxylic acids is 1. The zero-order valence-corrected chi connectivity index (χ0v) is 10.9. The van der Waals surface area contributed by atoms with Gasteiger partial charge in [0.15, 0.2) is 0 Å². The van der Waals surface area contributed by atoms with Gasteiger partial charge in [-0.2, -0.15) is 0 Å². The average Bonchev–Trinajstić information content (AvgIpc) is 2.41. The number of nitrogens with one attached hydrogen (secondary N) is 1. The Labute approximate surface area is 112 Å². The monoisotopic (exact) mass is 256 g/mol. The molecule has 1 amide bonds. The molecule has 0 fully saturated rings. The summed E-state index contributed by atoms with van der Waals surface area (Å²) in [6, 6.07) is 12.5. The highest BCUT2D eigenvalue weighted by Gasteiger charge is 2.10. The molecule has 4 nitrogen and oxygen atoms in total. The second kappa shape index (κ2) is 5.44. The van der Waals surface area contributed by atoms with Gasteiger partial charge in [-0.25, -0.2) is 0 Å². The van der Waals surface area contributed by atoms with Crippen molar-refractivity contribution in [2.24, 2.45) is 0 Å². The number of methoxy groups -OCH3 is 1. The van der Waals surface area contributed by atoms with Crippen LogP contribution >= 0.6 is 0 Å². The fourth-order valence-corrected chi connectivity index (χ4v) is 1.78. The van der Waals surface area contributed by atoms with E-state index in [-0.39, 0.29) is 5.91 Å². The molecular formula is C15H16N2O2. The van der Waals surface area contributed by atoms with Crippen molar-refractivity contribution >= 4 is 17.3 Å². The van der Waals surface area contributed by atoms with Gasteiger partial charge in [-0.15, -0.1) is 0 Å². The molecule has 3 N–H and O–H groups in total. The van der Waals surface area contributed by atoms with Gasteiger partial charge in [-0.1, -0.05) is 12.1 Å². The fraction of sp³-hybridized carbons (Fsp3) is 0.133. The third-order valence-electron chi connectivity index (χ3n) is 2.83. The van der Waals surface area contributed by atoms with Gasteiger partial charge in [-0.3, -0.25) is 4.79 Å². The van der Waals surface area contributed by atoms with E-state index in [9.17, 15) is 4.79 Å². The van der Waals surface area contributed by atoms with E-state index in [0.29, 0.717) is 22.7 Å². The highest BCUT2D eigenvalue weighted by atomic mass is 16.5. The van der Waals surface area contributed by atoms with Crippen LogP contribution in [0.2, 0.25) is 0 Å². The van der Waals surface area contributed by atoms with E-state index < -0.39 is 0 Å². The summed E-state index contributed by atoms with van der Waals surface area (Å²) in [6.45, 7) is 1.87. The summed E-state index contributed by atoms with van der Waals surface area (Å²) >= 11 is 0. The van der Waals surface area contributed by atoms with Gasteiger partial charge < -0.3 is 15.8 Å². The molecule has 0 bridgehead atoms. The molecule has 0 atom stereocenters. The molecule has 4 heteroatoms. The van der Waals surface area contributed by atoms with Gasteiger partial charge >= 0.3 is 0 Å². The largest absolute Gasteiger partial charge is 0.497 e. The third kappa shape index (κ3) is 3.04. The minimum Gasteiger partial charge on any atom is -0.497 e. The molecule has 0 aromatic heterocycles. The van der Waals surface area contributed by atoms with Gasteiger partial charge in [0.05, 0.1) is 7.11 Å². The smallest absolute Gasteiger partial charge is 0.256 e. The summed E-state index contributed by atoms with van der Waals surface area (Å²) < 4.78 is 5.11. The normalized spacial score (nSPS) is 10.0. The van der Waals surface area contributed by atoms with E-state index in [2.05, 4.69) is 5.32 Å². The summed E-state index contributed by atoms with van der Waals surface area (Å²) in [5.74, 6) is 0.514. The van der Waals surface area contributed by atoms with Crippen molar-refractivity contribution < 1.29 is 9.53 Å². The van der Waals surface area contributed by atoms with Crippen molar-refractivity contribution in [2.75, 3.05) is 18.2 Å². The Hall–Kier alpha value is -2.49. The van der Waals surface area contributed by atoms with Crippen LogP contribution in [0.15, 0.2) is 42.5 Å². The van der Waals surface area contributed by atoms with Gasteiger partial charge in [0, 0.05) is 23.0 Å². The SMILES string of the molecule is COc1cccc(NC(=O)c2cc(N)ccc2C)c1. The van der Waals surface area contributed by atoms with Crippen LogP contribution in [-0.2, 0) is 0 Å². The first-order chi connectivity index (χ1) is 9.10. The molecule has 19 heavy (non-hydrogen) atoms. The Balaban J connectivity index is 2.23. The van der Waals surface area contributed by atoms with Crippen molar-refractivity contribution in [1.29, 1.82) is 0 Å². The number of ether oxygens (including phenoxy) is 1. The first kappa shape index (κ1) is 13.0. The lowest BCUT2D eigenvalue weighted by Gasteiger charge is -2.09. The van der Waals surface area contributed by atoms with E-state index in [1.807, 2.05) is 31.2 Å². The lowest BCUT2D eigenvalue weighted by molar-refractivity contribution is 0.102. The molecule has 0 aliphatic rings. The zero-order valence-electron chi connectivity index (χ0n) is 10.9. The van der Waals surface area contributed by atoms with Crippen molar-refractivity contribution in [2.45, 2.75) is 6.92 Å². The molecule has 0 unspecified atom stereocenters. The number of carbonyl (C=O) groups is 1. The van der Waals surface area contributed by atoms with E-state index in [1.54, 1.807) is 25.3 Å². The molecule has 0 aliphatic heterocycles. The minimum absolute atomic E-state index is 0.182. The van der Waals surface area contributed by atoms with Crippen LogP contribution in [0.25, 0.3) is 0 Å².